The second-order valence-electron chi connectivity index (χ2n) is 2.77. The minimum atomic E-state index is -0.568. The molecule has 3 heteroatoms. The Morgan fingerprint density at radius 2 is 1.75 bits per heavy atom. The van der Waals surface area contributed by atoms with Crippen molar-refractivity contribution >= 4 is 6.16 Å². The molecule has 12 heavy (non-hydrogen) atoms. The first-order valence-corrected chi connectivity index (χ1v) is 4.49. The number of carbonyl (C=O) groups is 1. The normalized spacial score (nSPS) is 10.0. The first kappa shape index (κ1) is 11.3. The van der Waals surface area contributed by atoms with E-state index >= 15 is 0 Å². The first-order valence-electron chi connectivity index (χ1n) is 4.49. The van der Waals surface area contributed by atoms with Crippen molar-refractivity contribution in [2.45, 2.75) is 45.6 Å². The largest absolute Gasteiger partial charge is 0.508 e. The molecular weight excluding hydrogens is 156 g/mol. The Morgan fingerprint density at radius 3 is 2.08 bits per heavy atom. The van der Waals surface area contributed by atoms with Crippen LogP contribution in [-0.4, -0.2) is 19.4 Å². The van der Waals surface area contributed by atoms with E-state index in [0.29, 0.717) is 0 Å². The van der Waals surface area contributed by atoms with Crippen LogP contribution >= 0.6 is 0 Å². The summed E-state index contributed by atoms with van der Waals surface area (Å²) in [4.78, 5) is 10.7. The van der Waals surface area contributed by atoms with Crippen LogP contribution in [0.25, 0.3) is 0 Å². The second-order valence-corrected chi connectivity index (χ2v) is 2.77. The highest BCUT2D eigenvalue weighted by atomic mass is 16.7. The molecule has 0 bridgehead atoms. The summed E-state index contributed by atoms with van der Waals surface area (Å²) < 4.78 is 9.43. The number of hydrogen-bond acceptors (Lipinski definition) is 3. The highest BCUT2D eigenvalue weighted by molar-refractivity contribution is 5.59. The molecule has 0 unspecified atom stereocenters. The van der Waals surface area contributed by atoms with E-state index in [1.165, 1.54) is 7.11 Å². The molecule has 0 rings (SSSR count). The van der Waals surface area contributed by atoms with Crippen molar-refractivity contribution in [2.75, 3.05) is 7.11 Å². The van der Waals surface area contributed by atoms with E-state index < -0.39 is 6.16 Å². The SMILES string of the molecule is CCCC(CCC)OC(=O)OC. The Bertz CT molecular complexity index is 117. The van der Waals surface area contributed by atoms with Crippen molar-refractivity contribution in [1.82, 2.24) is 0 Å². The molecule has 0 N–H and O–H groups in total. The van der Waals surface area contributed by atoms with Gasteiger partial charge in [-0.1, -0.05) is 26.7 Å². The third-order valence-corrected chi connectivity index (χ3v) is 1.65. The number of ether oxygens (including phenoxy) is 2. The first-order chi connectivity index (χ1) is 5.74. The molecule has 3 nitrogen and oxygen atoms in total. The molecule has 0 heterocycles. The standard InChI is InChI=1S/C9H18O3/c1-4-6-8(7-5-2)12-9(10)11-3/h8H,4-7H2,1-3H3. The zero-order valence-electron chi connectivity index (χ0n) is 8.13. The summed E-state index contributed by atoms with van der Waals surface area (Å²) in [6.45, 7) is 4.15. The summed E-state index contributed by atoms with van der Waals surface area (Å²) >= 11 is 0. The maximum atomic E-state index is 10.7. The molecule has 0 aliphatic rings. The topological polar surface area (TPSA) is 35.5 Å². The van der Waals surface area contributed by atoms with Gasteiger partial charge in [0, 0.05) is 0 Å². The van der Waals surface area contributed by atoms with Gasteiger partial charge in [-0.2, -0.15) is 0 Å². The summed E-state index contributed by atoms with van der Waals surface area (Å²) in [6, 6.07) is 0. The molecule has 0 saturated heterocycles. The fourth-order valence-electron chi connectivity index (χ4n) is 1.09. The Morgan fingerprint density at radius 1 is 1.25 bits per heavy atom. The van der Waals surface area contributed by atoms with Crippen LogP contribution in [0.2, 0.25) is 0 Å². The van der Waals surface area contributed by atoms with Gasteiger partial charge in [-0.3, -0.25) is 0 Å². The number of rotatable bonds is 5. The van der Waals surface area contributed by atoms with Gasteiger partial charge in [-0.05, 0) is 12.8 Å². The average molecular weight is 174 g/mol. The highest BCUT2D eigenvalue weighted by Crippen LogP contribution is 2.09. The Labute approximate surface area is 74.0 Å². The van der Waals surface area contributed by atoms with Crippen molar-refractivity contribution in [1.29, 1.82) is 0 Å². The fraction of sp³-hybridized carbons (Fsp3) is 0.889. The monoisotopic (exact) mass is 174 g/mol. The molecule has 0 aromatic rings. The third-order valence-electron chi connectivity index (χ3n) is 1.65. The van der Waals surface area contributed by atoms with E-state index in [1.807, 2.05) is 0 Å². The molecular formula is C9H18O3. The van der Waals surface area contributed by atoms with E-state index in [9.17, 15) is 4.79 Å². The van der Waals surface area contributed by atoms with Crippen LogP contribution in [0.1, 0.15) is 39.5 Å². The van der Waals surface area contributed by atoms with E-state index in [2.05, 4.69) is 18.6 Å². The van der Waals surface area contributed by atoms with Crippen molar-refractivity contribution in [3.05, 3.63) is 0 Å². The van der Waals surface area contributed by atoms with Crippen LogP contribution in [0.15, 0.2) is 0 Å². The molecule has 0 fully saturated rings. The lowest BCUT2D eigenvalue weighted by atomic mass is 10.1. The van der Waals surface area contributed by atoms with Crippen molar-refractivity contribution < 1.29 is 14.3 Å². The zero-order valence-corrected chi connectivity index (χ0v) is 8.13. The molecule has 0 aliphatic heterocycles. The lowest BCUT2D eigenvalue weighted by molar-refractivity contribution is 0.0302. The van der Waals surface area contributed by atoms with Gasteiger partial charge >= 0.3 is 6.16 Å². The highest BCUT2D eigenvalue weighted by Gasteiger charge is 2.11. The van der Waals surface area contributed by atoms with Crippen molar-refractivity contribution in [3.63, 3.8) is 0 Å². The van der Waals surface area contributed by atoms with Gasteiger partial charge in [0.05, 0.1) is 7.11 Å². The number of hydrogen-bond donors (Lipinski definition) is 0. The summed E-state index contributed by atoms with van der Waals surface area (Å²) in [5.41, 5.74) is 0. The van der Waals surface area contributed by atoms with Crippen molar-refractivity contribution in [3.8, 4) is 0 Å². The predicted molar refractivity (Wildman–Crippen MR) is 47.1 cm³/mol. The fourth-order valence-corrected chi connectivity index (χ4v) is 1.09. The zero-order chi connectivity index (χ0) is 9.40. The van der Waals surface area contributed by atoms with Crippen molar-refractivity contribution in [2.24, 2.45) is 0 Å². The Hall–Kier alpha value is -0.730. The van der Waals surface area contributed by atoms with Crippen LogP contribution < -0.4 is 0 Å². The molecule has 0 atom stereocenters. The van der Waals surface area contributed by atoms with Gasteiger partial charge in [-0.15, -0.1) is 0 Å². The van der Waals surface area contributed by atoms with E-state index in [1.54, 1.807) is 0 Å². The van der Waals surface area contributed by atoms with Gasteiger partial charge in [-0.25, -0.2) is 4.79 Å². The Kier molecular flexibility index (Phi) is 6.53. The second kappa shape index (κ2) is 6.95. The average Bonchev–Trinajstić information content (AvgIpc) is 2.05. The molecule has 0 spiro atoms. The van der Waals surface area contributed by atoms with Crippen LogP contribution in [0, 0.1) is 0 Å². The van der Waals surface area contributed by atoms with Gasteiger partial charge in [0.2, 0.25) is 0 Å². The summed E-state index contributed by atoms with van der Waals surface area (Å²) in [7, 11) is 1.33. The summed E-state index contributed by atoms with van der Waals surface area (Å²) in [6.07, 6.45) is 3.37. The van der Waals surface area contributed by atoms with E-state index in [4.69, 9.17) is 4.74 Å². The quantitative estimate of drug-likeness (QED) is 0.601. The molecule has 0 aromatic heterocycles. The maximum absolute atomic E-state index is 10.7. The lowest BCUT2D eigenvalue weighted by Crippen LogP contribution is -2.17. The molecule has 72 valence electrons. The molecule has 0 amide bonds. The van der Waals surface area contributed by atoms with Crippen LogP contribution in [0.3, 0.4) is 0 Å². The summed E-state index contributed by atoms with van der Waals surface area (Å²) in [5, 5.41) is 0. The van der Waals surface area contributed by atoms with Crippen LogP contribution in [-0.2, 0) is 9.47 Å². The lowest BCUT2D eigenvalue weighted by Gasteiger charge is -2.14. The van der Waals surface area contributed by atoms with Gasteiger partial charge in [0.15, 0.2) is 0 Å². The van der Waals surface area contributed by atoms with E-state index in [0.717, 1.165) is 25.7 Å². The molecule has 0 radical (unpaired) electrons. The van der Waals surface area contributed by atoms with Gasteiger partial charge in [0.1, 0.15) is 6.10 Å². The third kappa shape index (κ3) is 4.99. The Balaban J connectivity index is 3.68. The minimum Gasteiger partial charge on any atom is -0.438 e. The maximum Gasteiger partial charge on any atom is 0.508 e. The molecule has 0 saturated carbocycles. The van der Waals surface area contributed by atoms with Gasteiger partial charge in [0.25, 0.3) is 0 Å². The minimum absolute atomic E-state index is 0.0347. The number of carbonyl (C=O) groups excluding carboxylic acids is 1. The van der Waals surface area contributed by atoms with E-state index in [-0.39, 0.29) is 6.10 Å². The number of methoxy groups -OCH3 is 1. The molecule has 0 aromatic carbocycles. The van der Waals surface area contributed by atoms with Crippen LogP contribution in [0.5, 0.6) is 0 Å². The predicted octanol–water partition coefficient (Wildman–Crippen LogP) is 2.74. The van der Waals surface area contributed by atoms with Gasteiger partial charge < -0.3 is 9.47 Å². The van der Waals surface area contributed by atoms with Crippen LogP contribution in [0.4, 0.5) is 4.79 Å². The smallest absolute Gasteiger partial charge is 0.438 e. The summed E-state index contributed by atoms with van der Waals surface area (Å²) in [5.74, 6) is 0. The molecule has 0 aliphatic carbocycles.